The van der Waals surface area contributed by atoms with Crippen molar-refractivity contribution >= 4 is 38.8 Å². The molecule has 0 fully saturated rings. The molecule has 0 aromatic heterocycles. The average molecular weight is 341 g/mol. The first kappa shape index (κ1) is 17.7. The van der Waals surface area contributed by atoms with Gasteiger partial charge in [-0.2, -0.15) is 12.6 Å². The van der Waals surface area contributed by atoms with E-state index < -0.39 is 26.1 Å². The van der Waals surface area contributed by atoms with Crippen molar-refractivity contribution in [3.8, 4) is 0 Å². The third-order valence-corrected chi connectivity index (χ3v) is 6.00. The maximum absolute atomic E-state index is 11.6. The van der Waals surface area contributed by atoms with Crippen LogP contribution in [0.25, 0.3) is 0 Å². The van der Waals surface area contributed by atoms with Crippen LogP contribution in [0, 0.1) is 0 Å². The fourth-order valence-electron chi connectivity index (χ4n) is 1.86. The smallest absolute Gasteiger partial charge is 0.356 e. The molecule has 2 atom stereocenters. The molecule has 2 unspecified atom stereocenters. The van der Waals surface area contributed by atoms with Crippen LogP contribution in [0.3, 0.4) is 0 Å². The quantitative estimate of drug-likeness (QED) is 0.266. The lowest BCUT2D eigenvalue weighted by Gasteiger charge is -2.24. The van der Waals surface area contributed by atoms with Gasteiger partial charge in [0.25, 0.3) is 0 Å². The number of benzene rings is 1. The van der Waals surface area contributed by atoms with Gasteiger partial charge in [0.15, 0.2) is 0 Å². The Bertz CT molecular complexity index is 583. The summed E-state index contributed by atoms with van der Waals surface area (Å²) in [4.78, 5) is 37.2. The van der Waals surface area contributed by atoms with Crippen LogP contribution in [0.5, 0.6) is 0 Å². The topological polar surface area (TPSA) is 141 Å². The van der Waals surface area contributed by atoms with Crippen molar-refractivity contribution in [3.05, 3.63) is 23.8 Å². The summed E-state index contributed by atoms with van der Waals surface area (Å²) in [5, 5.41) is -1.04. The van der Waals surface area contributed by atoms with Crippen molar-refractivity contribution in [1.29, 1.82) is 0 Å². The average Bonchev–Trinajstić information content (AvgIpc) is 2.25. The number of rotatable bonds is 5. The third-order valence-electron chi connectivity index (χ3n) is 2.79. The minimum Gasteiger partial charge on any atom is -0.399 e. The maximum Gasteiger partial charge on any atom is 0.356 e. The van der Waals surface area contributed by atoms with Crippen LogP contribution in [0.4, 0.5) is 5.69 Å². The van der Waals surface area contributed by atoms with Gasteiger partial charge in [0.1, 0.15) is 0 Å². The second kappa shape index (κ2) is 6.20. The summed E-state index contributed by atoms with van der Waals surface area (Å²) in [6.45, 7) is 1.70. The zero-order valence-electron chi connectivity index (χ0n) is 10.6. The van der Waals surface area contributed by atoms with E-state index in [4.69, 9.17) is 15.5 Å². The van der Waals surface area contributed by atoms with E-state index in [1.807, 2.05) is 0 Å². The molecule has 0 aliphatic rings. The van der Waals surface area contributed by atoms with Crippen LogP contribution in [-0.2, 0) is 9.13 Å². The van der Waals surface area contributed by atoms with Gasteiger partial charge in [0, 0.05) is 10.9 Å². The summed E-state index contributed by atoms with van der Waals surface area (Å²) in [5.74, 6) is 0. The standard InChI is InChI=1S/C10H17NO6P2S/c1-2-9(20)10(19(15,16)17)6-3-7(11)5-8(4-6)18(12,13)14/h3-5,9-10,20H,2,11H2,1H3,(H2,12,13,14)(H2,15,16,17). The zero-order valence-corrected chi connectivity index (χ0v) is 13.3. The molecule has 0 saturated heterocycles. The molecule has 0 amide bonds. The van der Waals surface area contributed by atoms with Gasteiger partial charge in [-0.3, -0.25) is 9.13 Å². The van der Waals surface area contributed by atoms with Crippen molar-refractivity contribution in [3.63, 3.8) is 0 Å². The summed E-state index contributed by atoms with van der Waals surface area (Å²) in [5.41, 5.74) is 4.38. The predicted octanol–water partition coefficient (Wildman–Crippen LogP) is 0.999. The highest BCUT2D eigenvalue weighted by Crippen LogP contribution is 2.56. The molecular formula is C10H17NO6P2S. The van der Waals surface area contributed by atoms with Gasteiger partial charge in [-0.05, 0) is 30.2 Å². The van der Waals surface area contributed by atoms with Gasteiger partial charge in [0.05, 0.1) is 11.0 Å². The summed E-state index contributed by atoms with van der Waals surface area (Å²) >= 11 is 4.14. The van der Waals surface area contributed by atoms with Crippen LogP contribution in [0.15, 0.2) is 18.2 Å². The molecule has 10 heteroatoms. The van der Waals surface area contributed by atoms with Gasteiger partial charge in [-0.25, -0.2) is 0 Å². The van der Waals surface area contributed by atoms with Crippen LogP contribution in [0.2, 0.25) is 0 Å². The molecule has 0 aliphatic carbocycles. The van der Waals surface area contributed by atoms with E-state index in [0.29, 0.717) is 6.42 Å². The first-order chi connectivity index (χ1) is 8.96. The van der Waals surface area contributed by atoms with Crippen molar-refractivity contribution < 1.29 is 28.7 Å². The summed E-state index contributed by atoms with van der Waals surface area (Å²) in [7, 11) is -9.11. The minimum absolute atomic E-state index is 0.0240. The van der Waals surface area contributed by atoms with Crippen molar-refractivity contribution in [2.75, 3.05) is 5.73 Å². The number of nitrogen functional groups attached to an aromatic ring is 1. The van der Waals surface area contributed by atoms with E-state index in [2.05, 4.69) is 12.6 Å². The maximum atomic E-state index is 11.6. The lowest BCUT2D eigenvalue weighted by molar-refractivity contribution is 0.356. The van der Waals surface area contributed by atoms with E-state index >= 15 is 0 Å². The first-order valence-electron chi connectivity index (χ1n) is 5.66. The minimum atomic E-state index is -4.56. The number of nitrogens with two attached hydrogens (primary N) is 1. The zero-order chi connectivity index (χ0) is 15.7. The van der Waals surface area contributed by atoms with Gasteiger partial charge >= 0.3 is 15.2 Å². The Hall–Kier alpha value is -0.330. The Labute approximate surface area is 121 Å². The summed E-state index contributed by atoms with van der Waals surface area (Å²) in [6.07, 6.45) is 0.374. The van der Waals surface area contributed by atoms with Crippen molar-refractivity contribution in [1.82, 2.24) is 0 Å². The van der Waals surface area contributed by atoms with E-state index in [0.717, 1.165) is 12.1 Å². The van der Waals surface area contributed by atoms with Gasteiger partial charge < -0.3 is 25.3 Å². The molecule has 1 aromatic rings. The highest BCUT2D eigenvalue weighted by Gasteiger charge is 2.36. The Morgan fingerprint density at radius 1 is 1.20 bits per heavy atom. The molecule has 0 heterocycles. The van der Waals surface area contributed by atoms with Gasteiger partial charge in [-0.1, -0.05) is 6.92 Å². The van der Waals surface area contributed by atoms with Crippen LogP contribution >= 0.6 is 27.8 Å². The van der Waals surface area contributed by atoms with E-state index in [-0.39, 0.29) is 16.6 Å². The van der Waals surface area contributed by atoms with Crippen molar-refractivity contribution in [2.45, 2.75) is 24.3 Å². The molecule has 114 valence electrons. The largest absolute Gasteiger partial charge is 0.399 e. The Morgan fingerprint density at radius 3 is 2.15 bits per heavy atom. The lowest BCUT2D eigenvalue weighted by atomic mass is 10.1. The molecular weight excluding hydrogens is 324 g/mol. The predicted molar refractivity (Wildman–Crippen MR) is 80.4 cm³/mol. The monoisotopic (exact) mass is 341 g/mol. The highest BCUT2D eigenvalue weighted by atomic mass is 32.1. The molecule has 0 radical (unpaired) electrons. The number of anilines is 1. The highest BCUT2D eigenvalue weighted by molar-refractivity contribution is 7.81. The Morgan fingerprint density at radius 2 is 1.75 bits per heavy atom. The Kier molecular flexibility index (Phi) is 5.49. The summed E-state index contributed by atoms with van der Waals surface area (Å²) < 4.78 is 22.9. The van der Waals surface area contributed by atoms with Crippen LogP contribution < -0.4 is 11.0 Å². The molecule has 0 spiro atoms. The molecule has 0 aliphatic heterocycles. The summed E-state index contributed by atoms with van der Waals surface area (Å²) in [6, 6.07) is 3.45. The molecule has 6 N–H and O–H groups in total. The van der Waals surface area contributed by atoms with Gasteiger partial charge in [0.2, 0.25) is 0 Å². The van der Waals surface area contributed by atoms with E-state index in [9.17, 15) is 18.9 Å². The van der Waals surface area contributed by atoms with Crippen LogP contribution in [-0.4, -0.2) is 24.8 Å². The fourth-order valence-corrected chi connectivity index (χ4v) is 4.39. The molecule has 1 rings (SSSR count). The normalized spacial score (nSPS) is 15.9. The van der Waals surface area contributed by atoms with E-state index in [1.165, 1.54) is 6.07 Å². The second-order valence-electron chi connectivity index (χ2n) is 4.41. The SMILES string of the molecule is CCC(S)C(c1cc(N)cc(P(=O)(O)O)c1)P(=O)(O)O. The van der Waals surface area contributed by atoms with Crippen LogP contribution in [0.1, 0.15) is 24.6 Å². The van der Waals surface area contributed by atoms with Crippen molar-refractivity contribution in [2.24, 2.45) is 0 Å². The number of thiol groups is 1. The third kappa shape index (κ3) is 4.33. The molecule has 7 nitrogen and oxygen atoms in total. The molecule has 20 heavy (non-hydrogen) atoms. The second-order valence-corrected chi connectivity index (χ2v) is 8.41. The molecule has 0 saturated carbocycles. The molecule has 0 bridgehead atoms. The number of hydrogen-bond donors (Lipinski definition) is 6. The number of hydrogen-bond acceptors (Lipinski definition) is 4. The fraction of sp³-hybridized carbons (Fsp3) is 0.400. The lowest BCUT2D eigenvalue weighted by Crippen LogP contribution is -2.16. The molecule has 1 aromatic carbocycles. The first-order valence-corrected chi connectivity index (χ1v) is 9.47. The van der Waals surface area contributed by atoms with E-state index in [1.54, 1.807) is 6.92 Å². The Balaban J connectivity index is 3.46. The van der Waals surface area contributed by atoms with Gasteiger partial charge in [-0.15, -0.1) is 0 Å².